The van der Waals surface area contributed by atoms with Crippen molar-refractivity contribution in [3.05, 3.63) is 71.3 Å². The van der Waals surface area contributed by atoms with Crippen LogP contribution in [-0.2, 0) is 11.3 Å². The number of fused-ring (bicyclic) bond motifs is 2. The maximum atomic E-state index is 13.3. The third-order valence-electron chi connectivity index (χ3n) is 5.36. The lowest BCUT2D eigenvalue weighted by Crippen LogP contribution is -2.30. The maximum Gasteiger partial charge on any atom is 0.252 e. The second-order valence-corrected chi connectivity index (χ2v) is 9.01. The van der Waals surface area contributed by atoms with Gasteiger partial charge in [-0.15, -0.1) is 0 Å². The van der Waals surface area contributed by atoms with Crippen molar-refractivity contribution in [2.75, 3.05) is 18.2 Å². The summed E-state index contributed by atoms with van der Waals surface area (Å²) in [7, 11) is 0. The molecule has 1 aliphatic rings. The summed E-state index contributed by atoms with van der Waals surface area (Å²) in [6, 6.07) is 9.40. The Morgan fingerprint density at radius 1 is 1.27 bits per heavy atom. The molecular formula is C24H21ClN4O3S. The summed E-state index contributed by atoms with van der Waals surface area (Å²) in [6.07, 6.45) is 9.52. The van der Waals surface area contributed by atoms with E-state index in [4.69, 9.17) is 26.1 Å². The molecule has 4 aromatic rings. The van der Waals surface area contributed by atoms with Crippen molar-refractivity contribution in [1.29, 1.82) is 0 Å². The molecule has 1 amide bonds. The molecule has 0 bridgehead atoms. The predicted molar refractivity (Wildman–Crippen MR) is 130 cm³/mol. The minimum atomic E-state index is -0.147. The van der Waals surface area contributed by atoms with Gasteiger partial charge in [0.15, 0.2) is 16.6 Å². The van der Waals surface area contributed by atoms with Crippen LogP contribution in [0.25, 0.3) is 16.3 Å². The fourth-order valence-corrected chi connectivity index (χ4v) is 4.96. The number of anilines is 1. The Labute approximate surface area is 199 Å². The van der Waals surface area contributed by atoms with Crippen LogP contribution in [0.2, 0.25) is 5.02 Å². The smallest absolute Gasteiger partial charge is 0.252 e. The second kappa shape index (κ2) is 9.25. The zero-order valence-corrected chi connectivity index (χ0v) is 19.5. The Bertz CT molecular complexity index is 1290. The number of carbonyl (C=O) groups excluding carboxylic acids is 1. The Kier molecular flexibility index (Phi) is 6.02. The van der Waals surface area contributed by atoms with Crippen LogP contribution in [0.1, 0.15) is 17.5 Å². The van der Waals surface area contributed by atoms with Gasteiger partial charge in [0.1, 0.15) is 0 Å². The van der Waals surface area contributed by atoms with Gasteiger partial charge >= 0.3 is 0 Å². The number of amides is 1. The standard InChI is InChI=1S/C24H21ClN4O3S/c1-16-3-6-18(25)23-22(16)27-24(33-23)29(11-2-10-28-12-9-26-14-28)21(30)8-5-17-4-7-19-20(13-17)32-15-31-19/h3-9,12-14H,2,10-11,15H2,1H3/b8-5+. The number of nitrogens with zero attached hydrogens (tertiary/aromatic N) is 4. The van der Waals surface area contributed by atoms with Gasteiger partial charge in [0.2, 0.25) is 6.79 Å². The van der Waals surface area contributed by atoms with Crippen molar-refractivity contribution in [1.82, 2.24) is 14.5 Å². The molecule has 0 aliphatic carbocycles. The Morgan fingerprint density at radius 3 is 2.97 bits per heavy atom. The maximum absolute atomic E-state index is 13.3. The van der Waals surface area contributed by atoms with E-state index in [-0.39, 0.29) is 12.7 Å². The zero-order valence-electron chi connectivity index (χ0n) is 17.9. The molecule has 0 N–H and O–H groups in total. The zero-order chi connectivity index (χ0) is 22.8. The molecule has 0 saturated carbocycles. The van der Waals surface area contributed by atoms with Crippen LogP contribution < -0.4 is 14.4 Å². The van der Waals surface area contributed by atoms with Gasteiger partial charge in [-0.05, 0) is 48.7 Å². The Morgan fingerprint density at radius 2 is 2.15 bits per heavy atom. The van der Waals surface area contributed by atoms with E-state index in [0.29, 0.717) is 28.2 Å². The number of hydrogen-bond acceptors (Lipinski definition) is 6. The van der Waals surface area contributed by atoms with Crippen molar-refractivity contribution >= 4 is 50.3 Å². The molecule has 168 valence electrons. The van der Waals surface area contributed by atoms with E-state index >= 15 is 0 Å². The molecule has 0 saturated heterocycles. The molecule has 0 fully saturated rings. The highest BCUT2D eigenvalue weighted by Crippen LogP contribution is 2.36. The fourth-order valence-electron chi connectivity index (χ4n) is 3.61. The number of halogens is 1. The molecule has 2 aromatic heterocycles. The molecule has 5 rings (SSSR count). The summed E-state index contributed by atoms with van der Waals surface area (Å²) in [5.74, 6) is 1.24. The quantitative estimate of drug-likeness (QED) is 0.335. The minimum Gasteiger partial charge on any atom is -0.454 e. The summed E-state index contributed by atoms with van der Waals surface area (Å²) < 4.78 is 13.7. The first-order chi connectivity index (χ1) is 16.1. The average molecular weight is 481 g/mol. The van der Waals surface area contributed by atoms with Crippen LogP contribution in [-0.4, -0.2) is 33.8 Å². The largest absolute Gasteiger partial charge is 0.454 e. The summed E-state index contributed by atoms with van der Waals surface area (Å²) in [5, 5.41) is 1.27. The molecule has 7 nitrogen and oxygen atoms in total. The second-order valence-electron chi connectivity index (χ2n) is 7.63. The van der Waals surface area contributed by atoms with Gasteiger partial charge in [-0.2, -0.15) is 0 Å². The number of ether oxygens (including phenoxy) is 2. The number of carbonyl (C=O) groups is 1. The minimum absolute atomic E-state index is 0.147. The van der Waals surface area contributed by atoms with E-state index in [1.54, 1.807) is 29.6 Å². The van der Waals surface area contributed by atoms with Gasteiger partial charge in [0.05, 0.1) is 21.6 Å². The number of hydrogen-bond donors (Lipinski definition) is 0. The molecule has 0 spiro atoms. The fraction of sp³-hybridized carbons (Fsp3) is 0.208. The Balaban J connectivity index is 1.40. The number of aromatic nitrogens is 3. The van der Waals surface area contributed by atoms with Crippen LogP contribution in [0.15, 0.2) is 55.1 Å². The van der Waals surface area contributed by atoms with Crippen molar-refractivity contribution in [2.45, 2.75) is 19.9 Å². The van der Waals surface area contributed by atoms with Gasteiger partial charge < -0.3 is 14.0 Å². The summed E-state index contributed by atoms with van der Waals surface area (Å²) in [4.78, 5) is 23.8. The highest BCUT2D eigenvalue weighted by Gasteiger charge is 2.20. The summed E-state index contributed by atoms with van der Waals surface area (Å²) >= 11 is 7.84. The Hall–Kier alpha value is -3.36. The highest BCUT2D eigenvalue weighted by atomic mass is 35.5. The average Bonchev–Trinajstić information content (AvgIpc) is 3.58. The van der Waals surface area contributed by atoms with E-state index in [1.807, 2.05) is 48.0 Å². The molecule has 3 heterocycles. The van der Waals surface area contributed by atoms with Gasteiger partial charge in [-0.3, -0.25) is 9.69 Å². The monoisotopic (exact) mass is 480 g/mol. The number of imidazole rings is 1. The highest BCUT2D eigenvalue weighted by molar-refractivity contribution is 7.23. The first-order valence-electron chi connectivity index (χ1n) is 10.5. The lowest BCUT2D eigenvalue weighted by Gasteiger charge is -2.18. The number of thiazole rings is 1. The summed E-state index contributed by atoms with van der Waals surface area (Å²) in [5.41, 5.74) is 2.71. The normalized spacial score (nSPS) is 12.7. The lowest BCUT2D eigenvalue weighted by molar-refractivity contribution is -0.114. The number of rotatable bonds is 7. The van der Waals surface area contributed by atoms with Crippen LogP contribution in [0.4, 0.5) is 5.13 Å². The van der Waals surface area contributed by atoms with E-state index in [2.05, 4.69) is 4.98 Å². The van der Waals surface area contributed by atoms with Gasteiger partial charge in [-0.25, -0.2) is 9.97 Å². The van der Waals surface area contributed by atoms with Gasteiger partial charge in [-0.1, -0.05) is 35.1 Å². The van der Waals surface area contributed by atoms with Crippen LogP contribution in [0, 0.1) is 6.92 Å². The number of aryl methyl sites for hydroxylation is 2. The van der Waals surface area contributed by atoms with Crippen molar-refractivity contribution in [3.8, 4) is 11.5 Å². The predicted octanol–water partition coefficient (Wildman–Crippen LogP) is 5.32. The molecule has 1 aliphatic heterocycles. The van der Waals surface area contributed by atoms with Gasteiger partial charge in [0, 0.05) is 31.6 Å². The van der Waals surface area contributed by atoms with E-state index in [9.17, 15) is 4.79 Å². The first-order valence-corrected chi connectivity index (χ1v) is 11.7. The van der Waals surface area contributed by atoms with Crippen molar-refractivity contribution < 1.29 is 14.3 Å². The van der Waals surface area contributed by atoms with Crippen molar-refractivity contribution in [3.63, 3.8) is 0 Å². The molecule has 33 heavy (non-hydrogen) atoms. The van der Waals surface area contributed by atoms with Gasteiger partial charge in [0.25, 0.3) is 5.91 Å². The van der Waals surface area contributed by atoms with E-state index in [1.165, 1.54) is 11.3 Å². The first kappa shape index (κ1) is 21.5. The summed E-state index contributed by atoms with van der Waals surface area (Å²) in [6.45, 7) is 3.47. The molecule has 0 radical (unpaired) electrons. The van der Waals surface area contributed by atoms with Crippen LogP contribution in [0.3, 0.4) is 0 Å². The van der Waals surface area contributed by atoms with E-state index in [0.717, 1.165) is 34.3 Å². The number of benzene rings is 2. The molecule has 2 aromatic carbocycles. The van der Waals surface area contributed by atoms with E-state index < -0.39 is 0 Å². The van der Waals surface area contributed by atoms with Crippen molar-refractivity contribution in [2.24, 2.45) is 0 Å². The molecule has 0 atom stereocenters. The van der Waals surface area contributed by atoms with Crippen LogP contribution >= 0.6 is 22.9 Å². The molecule has 9 heteroatoms. The lowest BCUT2D eigenvalue weighted by atomic mass is 10.2. The topological polar surface area (TPSA) is 69.5 Å². The third kappa shape index (κ3) is 4.58. The SMILES string of the molecule is Cc1ccc(Cl)c2sc(N(CCCn3ccnc3)C(=O)/C=C/c3ccc4c(c3)OCO4)nc12. The van der Waals surface area contributed by atoms with Crippen LogP contribution in [0.5, 0.6) is 11.5 Å². The third-order valence-corrected chi connectivity index (χ3v) is 6.89. The molecule has 0 unspecified atom stereocenters. The molecular weight excluding hydrogens is 460 g/mol.